The number of amides is 1. The van der Waals surface area contributed by atoms with Crippen LogP contribution >= 0.6 is 11.3 Å². The predicted molar refractivity (Wildman–Crippen MR) is 105 cm³/mol. The number of aryl methyl sites for hydroxylation is 1. The summed E-state index contributed by atoms with van der Waals surface area (Å²) in [6.07, 6.45) is 3.29. The number of carbonyl (C=O) groups is 2. The van der Waals surface area contributed by atoms with Crippen molar-refractivity contribution in [1.29, 1.82) is 0 Å². The zero-order valence-corrected chi connectivity index (χ0v) is 16.3. The lowest BCUT2D eigenvalue weighted by atomic mass is 10.2. The summed E-state index contributed by atoms with van der Waals surface area (Å²) in [6.45, 7) is 2.43. The first kappa shape index (κ1) is 18.4. The van der Waals surface area contributed by atoms with E-state index in [-0.39, 0.29) is 11.6 Å². The van der Waals surface area contributed by atoms with Gasteiger partial charge >= 0.3 is 5.97 Å². The molecule has 0 saturated heterocycles. The van der Waals surface area contributed by atoms with Crippen LogP contribution in [0, 0.1) is 6.92 Å². The second-order valence-electron chi connectivity index (χ2n) is 6.81. The largest absolute Gasteiger partial charge is 0.476 e. The number of carbonyl (C=O) groups excluding carboxylic acids is 1. The van der Waals surface area contributed by atoms with Crippen molar-refractivity contribution < 1.29 is 14.7 Å². The summed E-state index contributed by atoms with van der Waals surface area (Å²) in [5.41, 5.74) is 4.81. The zero-order valence-electron chi connectivity index (χ0n) is 15.4. The number of aromatic carboxylic acids is 1. The molecule has 4 rings (SSSR count). The molecule has 1 aliphatic rings. The second kappa shape index (κ2) is 7.55. The first-order valence-corrected chi connectivity index (χ1v) is 10.0. The van der Waals surface area contributed by atoms with Crippen LogP contribution < -0.4 is 5.32 Å². The fraction of sp³-hybridized carbons (Fsp3) is 0.300. The second-order valence-corrected chi connectivity index (χ2v) is 7.75. The van der Waals surface area contributed by atoms with E-state index in [1.54, 1.807) is 0 Å². The molecule has 8 heteroatoms. The van der Waals surface area contributed by atoms with Crippen LogP contribution in [0.15, 0.2) is 29.6 Å². The van der Waals surface area contributed by atoms with Gasteiger partial charge in [-0.1, -0.05) is 17.7 Å². The molecule has 2 aromatic heterocycles. The van der Waals surface area contributed by atoms with Crippen molar-refractivity contribution in [3.63, 3.8) is 0 Å². The fourth-order valence-electron chi connectivity index (χ4n) is 3.41. The van der Waals surface area contributed by atoms with Gasteiger partial charge in [-0.05, 0) is 38.3 Å². The van der Waals surface area contributed by atoms with Gasteiger partial charge in [-0.15, -0.1) is 11.3 Å². The first-order valence-electron chi connectivity index (χ1n) is 9.16. The number of fused-ring (bicyclic) bond motifs is 1. The molecule has 0 radical (unpaired) electrons. The summed E-state index contributed by atoms with van der Waals surface area (Å²) in [5, 5.41) is 18.6. The topological polar surface area (TPSA) is 97.1 Å². The van der Waals surface area contributed by atoms with Gasteiger partial charge in [0.25, 0.3) is 5.91 Å². The number of carboxylic acid groups (broad SMARTS) is 1. The minimum atomic E-state index is -1.04. The van der Waals surface area contributed by atoms with Crippen LogP contribution in [0.2, 0.25) is 0 Å². The molecule has 0 bridgehead atoms. The fourth-order valence-corrected chi connectivity index (χ4v) is 4.18. The van der Waals surface area contributed by atoms with Crippen molar-refractivity contribution in [1.82, 2.24) is 20.1 Å². The van der Waals surface area contributed by atoms with Crippen LogP contribution in [-0.2, 0) is 19.3 Å². The maximum absolute atomic E-state index is 12.7. The van der Waals surface area contributed by atoms with Crippen molar-refractivity contribution in [2.24, 2.45) is 0 Å². The SMILES string of the molecule is Cc1ccc(-n2nc(C(=O)NCCc3nc(C(=O)O)cs3)c3c2CCC3)cc1. The van der Waals surface area contributed by atoms with Crippen molar-refractivity contribution >= 4 is 23.2 Å². The highest BCUT2D eigenvalue weighted by atomic mass is 32.1. The van der Waals surface area contributed by atoms with Crippen LogP contribution in [0.3, 0.4) is 0 Å². The van der Waals surface area contributed by atoms with Crippen molar-refractivity contribution in [2.75, 3.05) is 6.54 Å². The number of carboxylic acids is 1. The molecule has 1 amide bonds. The van der Waals surface area contributed by atoms with Gasteiger partial charge in [0.15, 0.2) is 11.4 Å². The predicted octanol–water partition coefficient (Wildman–Crippen LogP) is 2.80. The average Bonchev–Trinajstić information content (AvgIpc) is 3.38. The maximum Gasteiger partial charge on any atom is 0.355 e. The Balaban J connectivity index is 1.47. The van der Waals surface area contributed by atoms with Crippen molar-refractivity contribution in [3.05, 3.63) is 62.9 Å². The maximum atomic E-state index is 12.7. The minimum Gasteiger partial charge on any atom is -0.476 e. The number of nitrogens with zero attached hydrogens (tertiary/aromatic N) is 3. The molecule has 0 aliphatic heterocycles. The summed E-state index contributed by atoms with van der Waals surface area (Å²) in [4.78, 5) is 27.6. The number of hydrogen-bond donors (Lipinski definition) is 2. The summed E-state index contributed by atoms with van der Waals surface area (Å²) in [7, 11) is 0. The van der Waals surface area contributed by atoms with Crippen LogP contribution in [-0.4, -0.2) is 38.3 Å². The normalized spacial score (nSPS) is 12.8. The van der Waals surface area contributed by atoms with Crippen LogP contribution in [0.4, 0.5) is 0 Å². The molecule has 1 aromatic carbocycles. The highest BCUT2D eigenvalue weighted by molar-refractivity contribution is 7.09. The Morgan fingerprint density at radius 1 is 1.25 bits per heavy atom. The monoisotopic (exact) mass is 396 g/mol. The molecule has 3 aromatic rings. The third-order valence-corrected chi connectivity index (χ3v) is 5.73. The lowest BCUT2D eigenvalue weighted by Crippen LogP contribution is -2.27. The molecule has 28 heavy (non-hydrogen) atoms. The van der Waals surface area contributed by atoms with Crippen molar-refractivity contribution in [2.45, 2.75) is 32.6 Å². The van der Waals surface area contributed by atoms with Crippen LogP contribution in [0.1, 0.15) is 49.2 Å². The van der Waals surface area contributed by atoms with E-state index in [2.05, 4.69) is 15.4 Å². The van der Waals surface area contributed by atoms with E-state index in [1.807, 2.05) is 35.9 Å². The Bertz CT molecular complexity index is 1040. The van der Waals surface area contributed by atoms with Gasteiger partial charge in [0.05, 0.1) is 10.7 Å². The molecule has 0 saturated carbocycles. The Hall–Kier alpha value is -3.00. The van der Waals surface area contributed by atoms with E-state index in [4.69, 9.17) is 5.11 Å². The average molecular weight is 396 g/mol. The van der Waals surface area contributed by atoms with Crippen LogP contribution in [0.5, 0.6) is 0 Å². The molecule has 0 spiro atoms. The number of aromatic nitrogens is 3. The standard InChI is InChI=1S/C20H20N4O3S/c1-12-5-7-13(8-6-12)24-16-4-2-3-14(16)18(23-24)19(25)21-10-9-17-22-15(11-28-17)20(26)27/h5-8,11H,2-4,9-10H2,1H3,(H,21,25)(H,26,27). The van der Waals surface area contributed by atoms with Gasteiger partial charge in [-0.2, -0.15) is 5.10 Å². The molecule has 1 aliphatic carbocycles. The zero-order chi connectivity index (χ0) is 19.7. The van der Waals surface area contributed by atoms with Gasteiger partial charge in [0, 0.05) is 29.6 Å². The van der Waals surface area contributed by atoms with E-state index in [0.717, 1.165) is 36.2 Å². The van der Waals surface area contributed by atoms with E-state index in [9.17, 15) is 9.59 Å². The number of thiazole rings is 1. The first-order chi connectivity index (χ1) is 13.5. The Kier molecular flexibility index (Phi) is 4.95. The number of rotatable bonds is 6. The summed E-state index contributed by atoms with van der Waals surface area (Å²) in [5.74, 6) is -1.23. The molecule has 0 unspecified atom stereocenters. The van der Waals surface area contributed by atoms with Gasteiger partial charge in [-0.25, -0.2) is 14.5 Å². The Labute approximate surface area is 166 Å². The third-order valence-electron chi connectivity index (χ3n) is 4.82. The van der Waals surface area contributed by atoms with E-state index in [1.165, 1.54) is 22.3 Å². The molecule has 0 fully saturated rings. The summed E-state index contributed by atoms with van der Waals surface area (Å²) < 4.78 is 1.89. The van der Waals surface area contributed by atoms with Crippen molar-refractivity contribution in [3.8, 4) is 5.69 Å². The third kappa shape index (κ3) is 3.55. The lowest BCUT2D eigenvalue weighted by Gasteiger charge is -2.06. The molecular weight excluding hydrogens is 376 g/mol. The molecule has 0 atom stereocenters. The Morgan fingerprint density at radius 2 is 2.04 bits per heavy atom. The quantitative estimate of drug-likeness (QED) is 0.668. The van der Waals surface area contributed by atoms with Gasteiger partial charge in [-0.3, -0.25) is 4.79 Å². The van der Waals surface area contributed by atoms with Gasteiger partial charge in [0.2, 0.25) is 0 Å². The van der Waals surface area contributed by atoms with Crippen LogP contribution in [0.25, 0.3) is 5.69 Å². The molecule has 144 valence electrons. The van der Waals surface area contributed by atoms with E-state index < -0.39 is 5.97 Å². The summed E-state index contributed by atoms with van der Waals surface area (Å²) >= 11 is 1.28. The molecule has 2 N–H and O–H groups in total. The number of nitrogens with one attached hydrogen (secondary N) is 1. The molecule has 7 nitrogen and oxygen atoms in total. The van der Waals surface area contributed by atoms with Gasteiger partial charge in [0.1, 0.15) is 0 Å². The lowest BCUT2D eigenvalue weighted by molar-refractivity contribution is 0.0690. The highest BCUT2D eigenvalue weighted by Gasteiger charge is 2.26. The Morgan fingerprint density at radius 3 is 2.75 bits per heavy atom. The summed E-state index contributed by atoms with van der Waals surface area (Å²) in [6, 6.07) is 8.12. The molecular formula is C20H20N4O3S. The van der Waals surface area contributed by atoms with E-state index >= 15 is 0 Å². The molecule has 2 heterocycles. The number of hydrogen-bond acceptors (Lipinski definition) is 5. The minimum absolute atomic E-state index is 0.0426. The smallest absolute Gasteiger partial charge is 0.355 e. The van der Waals surface area contributed by atoms with E-state index in [0.29, 0.717) is 23.7 Å². The number of benzene rings is 1. The highest BCUT2D eigenvalue weighted by Crippen LogP contribution is 2.28. The van der Waals surface area contributed by atoms with Gasteiger partial charge < -0.3 is 10.4 Å².